The largest absolute Gasteiger partial charge is 0.333 e. The lowest BCUT2D eigenvalue weighted by atomic mass is 10.1. The highest BCUT2D eigenvalue weighted by molar-refractivity contribution is 6.02. The maximum absolute atomic E-state index is 11.9. The molecule has 2 heterocycles. The molecule has 1 aromatic heterocycles. The van der Waals surface area contributed by atoms with E-state index in [9.17, 15) is 4.79 Å². The van der Waals surface area contributed by atoms with E-state index in [2.05, 4.69) is 20.9 Å². The molecule has 98 valence electrons. The zero-order valence-corrected chi connectivity index (χ0v) is 10.7. The minimum atomic E-state index is -0.159. The molecule has 1 fully saturated rings. The Bertz CT molecular complexity index is 622. The summed E-state index contributed by atoms with van der Waals surface area (Å²) >= 11 is 0. The molecule has 5 heteroatoms. The van der Waals surface area contributed by atoms with E-state index in [0.717, 1.165) is 35.2 Å². The molecule has 0 spiro atoms. The standard InChI is InChI=1S/C14H16N4O/c1-9-11-3-2-4-13(12(11)5-6-16-9)18-14(19)17-10-7-15-8-10/h2-6,10,15H,7-8H2,1H3,(H2,17,18,19). The molecule has 0 aliphatic carbocycles. The van der Waals surface area contributed by atoms with E-state index < -0.39 is 0 Å². The van der Waals surface area contributed by atoms with Crippen LogP contribution < -0.4 is 16.0 Å². The molecule has 3 N–H and O–H groups in total. The van der Waals surface area contributed by atoms with Gasteiger partial charge in [-0.15, -0.1) is 0 Å². The third kappa shape index (κ3) is 2.37. The van der Waals surface area contributed by atoms with Crippen molar-refractivity contribution in [1.82, 2.24) is 15.6 Å². The number of hydrogen-bond acceptors (Lipinski definition) is 3. The fraction of sp³-hybridized carbons (Fsp3) is 0.286. The van der Waals surface area contributed by atoms with Crippen molar-refractivity contribution < 1.29 is 4.79 Å². The summed E-state index contributed by atoms with van der Waals surface area (Å²) in [5.41, 5.74) is 1.78. The van der Waals surface area contributed by atoms with Crippen molar-refractivity contribution in [2.45, 2.75) is 13.0 Å². The Kier molecular flexibility index (Phi) is 3.05. The first-order chi connectivity index (χ1) is 9.24. The van der Waals surface area contributed by atoms with Crippen molar-refractivity contribution in [2.24, 2.45) is 0 Å². The Labute approximate surface area is 111 Å². The Balaban J connectivity index is 1.84. The Morgan fingerprint density at radius 2 is 2.16 bits per heavy atom. The van der Waals surface area contributed by atoms with Crippen LogP contribution in [0.25, 0.3) is 10.8 Å². The molecule has 1 saturated heterocycles. The molecule has 2 amide bonds. The van der Waals surface area contributed by atoms with Gasteiger partial charge in [-0.2, -0.15) is 0 Å². The summed E-state index contributed by atoms with van der Waals surface area (Å²) in [4.78, 5) is 16.1. The number of aromatic nitrogens is 1. The Hall–Kier alpha value is -2.14. The number of aryl methyl sites for hydroxylation is 1. The molecule has 5 nitrogen and oxygen atoms in total. The number of carbonyl (C=O) groups is 1. The van der Waals surface area contributed by atoms with Gasteiger partial charge in [-0.25, -0.2) is 4.79 Å². The van der Waals surface area contributed by atoms with E-state index in [1.807, 2.05) is 31.2 Å². The predicted molar refractivity (Wildman–Crippen MR) is 75.3 cm³/mol. The Morgan fingerprint density at radius 3 is 2.89 bits per heavy atom. The van der Waals surface area contributed by atoms with Crippen LogP contribution in [0.15, 0.2) is 30.5 Å². The first-order valence-corrected chi connectivity index (χ1v) is 6.36. The third-order valence-corrected chi connectivity index (χ3v) is 3.37. The van der Waals surface area contributed by atoms with Crippen LogP contribution in [0.2, 0.25) is 0 Å². The summed E-state index contributed by atoms with van der Waals surface area (Å²) in [7, 11) is 0. The zero-order valence-electron chi connectivity index (χ0n) is 10.7. The van der Waals surface area contributed by atoms with Crippen LogP contribution in [-0.4, -0.2) is 30.1 Å². The predicted octanol–water partition coefficient (Wildman–Crippen LogP) is 1.64. The van der Waals surface area contributed by atoms with Crippen LogP contribution in [0.4, 0.5) is 10.5 Å². The lowest BCUT2D eigenvalue weighted by molar-refractivity contribution is 0.243. The minimum Gasteiger partial charge on any atom is -0.333 e. The van der Waals surface area contributed by atoms with Crippen molar-refractivity contribution in [3.8, 4) is 0 Å². The van der Waals surface area contributed by atoms with Crippen LogP contribution in [0, 0.1) is 6.92 Å². The van der Waals surface area contributed by atoms with Crippen molar-refractivity contribution in [1.29, 1.82) is 0 Å². The fourth-order valence-electron chi connectivity index (χ4n) is 2.20. The second-order valence-electron chi connectivity index (χ2n) is 4.75. The summed E-state index contributed by atoms with van der Waals surface area (Å²) in [6.07, 6.45) is 1.76. The lowest BCUT2D eigenvalue weighted by Gasteiger charge is -2.28. The van der Waals surface area contributed by atoms with Gasteiger partial charge < -0.3 is 16.0 Å². The highest BCUT2D eigenvalue weighted by atomic mass is 16.2. The second kappa shape index (κ2) is 4.85. The lowest BCUT2D eigenvalue weighted by Crippen LogP contribution is -2.57. The van der Waals surface area contributed by atoms with E-state index in [-0.39, 0.29) is 12.1 Å². The van der Waals surface area contributed by atoms with Crippen LogP contribution in [-0.2, 0) is 0 Å². The van der Waals surface area contributed by atoms with Crippen molar-refractivity contribution in [2.75, 3.05) is 18.4 Å². The highest BCUT2D eigenvalue weighted by Gasteiger charge is 2.18. The van der Waals surface area contributed by atoms with Crippen LogP contribution >= 0.6 is 0 Å². The Morgan fingerprint density at radius 1 is 1.32 bits per heavy atom. The first kappa shape index (κ1) is 11.9. The van der Waals surface area contributed by atoms with Crippen molar-refractivity contribution >= 4 is 22.5 Å². The molecule has 2 aromatic rings. The highest BCUT2D eigenvalue weighted by Crippen LogP contribution is 2.24. The van der Waals surface area contributed by atoms with Crippen LogP contribution in [0.3, 0.4) is 0 Å². The van der Waals surface area contributed by atoms with E-state index in [4.69, 9.17) is 0 Å². The number of anilines is 1. The summed E-state index contributed by atoms with van der Waals surface area (Å²) in [6.45, 7) is 3.64. The van der Waals surface area contributed by atoms with Gasteiger partial charge in [-0.3, -0.25) is 4.98 Å². The summed E-state index contributed by atoms with van der Waals surface area (Å²) in [5, 5.41) is 11.0. The monoisotopic (exact) mass is 256 g/mol. The molecule has 3 rings (SSSR count). The molecule has 0 saturated carbocycles. The van der Waals surface area contributed by atoms with Crippen molar-refractivity contribution in [3.05, 3.63) is 36.2 Å². The molecule has 1 aliphatic rings. The maximum Gasteiger partial charge on any atom is 0.319 e. The van der Waals surface area contributed by atoms with Gasteiger partial charge in [0.05, 0.1) is 11.7 Å². The molecule has 1 aromatic carbocycles. The first-order valence-electron chi connectivity index (χ1n) is 6.36. The molecule has 0 radical (unpaired) electrons. The summed E-state index contributed by atoms with van der Waals surface area (Å²) < 4.78 is 0. The number of carbonyl (C=O) groups excluding carboxylic acids is 1. The number of pyridine rings is 1. The molecular formula is C14H16N4O. The number of fused-ring (bicyclic) bond motifs is 1. The van der Waals surface area contributed by atoms with Crippen molar-refractivity contribution in [3.63, 3.8) is 0 Å². The number of hydrogen-bond donors (Lipinski definition) is 3. The minimum absolute atomic E-state index is 0.159. The molecule has 0 bridgehead atoms. The quantitative estimate of drug-likeness (QED) is 0.765. The number of nitrogens with one attached hydrogen (secondary N) is 3. The molecule has 19 heavy (non-hydrogen) atoms. The average molecular weight is 256 g/mol. The number of benzene rings is 1. The number of amides is 2. The zero-order chi connectivity index (χ0) is 13.2. The molecule has 1 aliphatic heterocycles. The van der Waals surface area contributed by atoms with E-state index in [1.54, 1.807) is 6.20 Å². The van der Waals surface area contributed by atoms with Crippen LogP contribution in [0.1, 0.15) is 5.69 Å². The summed E-state index contributed by atoms with van der Waals surface area (Å²) in [5.74, 6) is 0. The van der Waals surface area contributed by atoms with E-state index in [0.29, 0.717) is 0 Å². The number of urea groups is 1. The average Bonchev–Trinajstić information content (AvgIpc) is 2.35. The fourth-order valence-corrected chi connectivity index (χ4v) is 2.20. The topological polar surface area (TPSA) is 66.0 Å². The molecule has 0 unspecified atom stereocenters. The van der Waals surface area contributed by atoms with Gasteiger partial charge in [0.25, 0.3) is 0 Å². The van der Waals surface area contributed by atoms with E-state index >= 15 is 0 Å². The maximum atomic E-state index is 11.9. The number of rotatable bonds is 2. The van der Waals surface area contributed by atoms with Gasteiger partial charge in [-0.05, 0) is 19.1 Å². The van der Waals surface area contributed by atoms with Gasteiger partial charge in [-0.1, -0.05) is 12.1 Å². The molecule has 0 atom stereocenters. The van der Waals surface area contributed by atoms with Gasteiger partial charge in [0.2, 0.25) is 0 Å². The third-order valence-electron chi connectivity index (χ3n) is 3.37. The van der Waals surface area contributed by atoms with E-state index in [1.165, 1.54) is 0 Å². The van der Waals surface area contributed by atoms with Gasteiger partial charge in [0.1, 0.15) is 0 Å². The van der Waals surface area contributed by atoms with Gasteiger partial charge in [0.15, 0.2) is 0 Å². The number of nitrogens with zero attached hydrogens (tertiary/aromatic N) is 1. The second-order valence-corrected chi connectivity index (χ2v) is 4.75. The van der Waals surface area contributed by atoms with Gasteiger partial charge in [0, 0.05) is 35.8 Å². The van der Waals surface area contributed by atoms with Crippen LogP contribution in [0.5, 0.6) is 0 Å². The van der Waals surface area contributed by atoms with Gasteiger partial charge >= 0.3 is 6.03 Å². The molecular weight excluding hydrogens is 240 g/mol. The SMILES string of the molecule is Cc1nccc2c(NC(=O)NC3CNC3)cccc12. The summed E-state index contributed by atoms with van der Waals surface area (Å²) in [6, 6.07) is 7.84. The normalized spacial score (nSPS) is 15.0. The smallest absolute Gasteiger partial charge is 0.319 e.